The van der Waals surface area contributed by atoms with E-state index < -0.39 is 0 Å². The van der Waals surface area contributed by atoms with Crippen LogP contribution in [0.4, 0.5) is 0 Å². The molecule has 0 aliphatic heterocycles. The normalized spacial score (nSPS) is 12.4. The van der Waals surface area contributed by atoms with Crippen molar-refractivity contribution in [3.05, 3.63) is 156 Å². The third-order valence-electron chi connectivity index (χ3n) is 6.88. The topological polar surface area (TPSA) is 37.1 Å². The summed E-state index contributed by atoms with van der Waals surface area (Å²) in [5, 5.41) is 2.20. The van der Waals surface area contributed by atoms with E-state index in [1.807, 2.05) is 61.5 Å². The lowest BCUT2D eigenvalue weighted by Crippen LogP contribution is -2.07. The molecule has 0 spiro atoms. The molecule has 0 unspecified atom stereocenters. The van der Waals surface area contributed by atoms with E-state index in [1.54, 1.807) is 0 Å². The van der Waals surface area contributed by atoms with Gasteiger partial charge < -0.3 is 0 Å². The summed E-state index contributed by atoms with van der Waals surface area (Å²) in [6, 6.07) is 41.3. The van der Waals surface area contributed by atoms with Gasteiger partial charge in [-0.1, -0.05) is 128 Å². The van der Waals surface area contributed by atoms with E-state index in [2.05, 4.69) is 97.2 Å². The number of rotatable bonds is 7. The fraction of sp³-hybridized carbons (Fsp3) is 0.0541. The van der Waals surface area contributed by atoms with E-state index in [0.717, 1.165) is 49.7 Å². The molecule has 0 radical (unpaired) electrons. The maximum atomic E-state index is 5.15. The molecule has 3 heteroatoms. The monoisotopic (exact) mass is 517 g/mol. The first-order valence-corrected chi connectivity index (χ1v) is 13.3. The van der Waals surface area contributed by atoms with E-state index in [1.165, 1.54) is 0 Å². The first kappa shape index (κ1) is 26.5. The van der Waals surface area contributed by atoms with Crippen LogP contribution in [0.25, 0.3) is 33.5 Å². The van der Waals surface area contributed by atoms with Gasteiger partial charge in [-0.15, -0.1) is 0 Å². The van der Waals surface area contributed by atoms with Gasteiger partial charge in [0.05, 0.1) is 6.54 Å². The van der Waals surface area contributed by atoms with Crippen LogP contribution in [0.15, 0.2) is 149 Å². The largest absolute Gasteiger partial charge is 0.261 e. The first-order chi connectivity index (χ1) is 19.7. The van der Waals surface area contributed by atoms with Gasteiger partial charge in [-0.3, -0.25) is 4.99 Å². The van der Waals surface area contributed by atoms with E-state index in [-0.39, 0.29) is 0 Å². The minimum atomic E-state index is 0.448. The summed E-state index contributed by atoms with van der Waals surface area (Å²) in [6.07, 6.45) is 3.99. The Balaban J connectivity index is 1.72. The predicted molar refractivity (Wildman–Crippen MR) is 173 cm³/mol. The van der Waals surface area contributed by atoms with Gasteiger partial charge in [0, 0.05) is 11.1 Å². The summed E-state index contributed by atoms with van der Waals surface area (Å²) in [5.74, 6) is 1.14. The quantitative estimate of drug-likeness (QED) is 0.152. The smallest absolute Gasteiger partial charge is 0.161 e. The molecule has 0 aliphatic rings. The van der Waals surface area contributed by atoms with Crippen molar-refractivity contribution in [1.82, 2.24) is 0 Å². The van der Waals surface area contributed by atoms with Crippen molar-refractivity contribution in [2.75, 3.05) is 6.54 Å². The zero-order valence-electron chi connectivity index (χ0n) is 22.7. The Kier molecular flexibility index (Phi) is 8.33. The van der Waals surface area contributed by atoms with Crippen LogP contribution >= 0.6 is 0 Å². The number of hydrogen-bond acceptors (Lipinski definition) is 1. The minimum Gasteiger partial charge on any atom is -0.261 e. The number of nitrogens with zero attached hydrogens (tertiary/aromatic N) is 3. The molecule has 0 aliphatic carbocycles. The molecule has 0 fully saturated rings. The average molecular weight is 518 g/mol. The van der Waals surface area contributed by atoms with Crippen molar-refractivity contribution in [2.45, 2.75) is 6.92 Å². The van der Waals surface area contributed by atoms with Crippen molar-refractivity contribution in [2.24, 2.45) is 15.0 Å². The van der Waals surface area contributed by atoms with Gasteiger partial charge in [-0.05, 0) is 64.4 Å². The van der Waals surface area contributed by atoms with Crippen LogP contribution in [0, 0.1) is 0 Å². The van der Waals surface area contributed by atoms with E-state index >= 15 is 0 Å². The molecule has 0 saturated heterocycles. The lowest BCUT2D eigenvalue weighted by Gasteiger charge is -2.13. The van der Waals surface area contributed by atoms with Crippen LogP contribution in [-0.4, -0.2) is 24.9 Å². The van der Waals surface area contributed by atoms with Gasteiger partial charge >= 0.3 is 0 Å². The number of hydrogen-bond donors (Lipinski definition) is 0. The molecule has 0 aromatic heterocycles. The number of allylic oxidation sites excluding steroid dienone is 1. The first-order valence-electron chi connectivity index (χ1n) is 13.3. The molecule has 5 aromatic carbocycles. The number of aliphatic imine (C=N–C) groups is 3. The van der Waals surface area contributed by atoms with Crippen LogP contribution in [0.5, 0.6) is 0 Å². The highest BCUT2D eigenvalue weighted by Crippen LogP contribution is 2.29. The lowest BCUT2D eigenvalue weighted by atomic mass is 9.96. The summed E-state index contributed by atoms with van der Waals surface area (Å²) in [5.41, 5.74) is 7.36. The predicted octanol–water partition coefficient (Wildman–Crippen LogP) is 9.15. The standard InChI is InChI=1S/C37H31N3/c1-4-27-16-12-14-22-33(27)28(5-2)26-39-37(40-36(38-3)30-19-10-7-11-20-30)35-25-32(29-17-8-6-9-18-29)24-31-21-13-15-23-34(31)35/h4-25H,1,3,26H2,2H3/b28-5-,39-37?,40-36?. The van der Waals surface area contributed by atoms with Crippen molar-refractivity contribution >= 4 is 40.8 Å². The maximum absolute atomic E-state index is 5.15. The highest BCUT2D eigenvalue weighted by molar-refractivity contribution is 6.18. The highest BCUT2D eigenvalue weighted by Gasteiger charge is 2.14. The maximum Gasteiger partial charge on any atom is 0.161 e. The van der Waals surface area contributed by atoms with E-state index in [0.29, 0.717) is 18.2 Å². The van der Waals surface area contributed by atoms with Gasteiger partial charge in [-0.2, -0.15) is 0 Å². The molecule has 0 heterocycles. The van der Waals surface area contributed by atoms with Gasteiger partial charge in [-0.25, -0.2) is 9.98 Å². The molecule has 194 valence electrons. The van der Waals surface area contributed by atoms with Crippen molar-refractivity contribution < 1.29 is 0 Å². The Morgan fingerprint density at radius 2 is 1.38 bits per heavy atom. The summed E-state index contributed by atoms with van der Waals surface area (Å²) in [7, 11) is 0. The van der Waals surface area contributed by atoms with Crippen LogP contribution in [0.2, 0.25) is 0 Å². The minimum absolute atomic E-state index is 0.448. The zero-order valence-corrected chi connectivity index (χ0v) is 22.7. The molecule has 40 heavy (non-hydrogen) atoms. The molecule has 0 N–H and O–H groups in total. The second-order valence-electron chi connectivity index (χ2n) is 9.32. The van der Waals surface area contributed by atoms with Crippen LogP contribution in [0.1, 0.15) is 29.2 Å². The average Bonchev–Trinajstić information content (AvgIpc) is 3.03. The fourth-order valence-electron chi connectivity index (χ4n) is 4.81. The Morgan fingerprint density at radius 1 is 0.700 bits per heavy atom. The van der Waals surface area contributed by atoms with Crippen LogP contribution in [0.3, 0.4) is 0 Å². The molecule has 5 aromatic rings. The van der Waals surface area contributed by atoms with Gasteiger partial charge in [0.1, 0.15) is 0 Å². The molecule has 3 nitrogen and oxygen atoms in total. The molecule has 5 rings (SSSR count). The van der Waals surface area contributed by atoms with E-state index in [4.69, 9.17) is 9.98 Å². The molecule has 0 atom stereocenters. The zero-order chi connectivity index (χ0) is 27.7. The Hall–Kier alpha value is -5.15. The fourth-order valence-corrected chi connectivity index (χ4v) is 4.81. The molecule has 0 saturated carbocycles. The van der Waals surface area contributed by atoms with E-state index in [9.17, 15) is 0 Å². The van der Waals surface area contributed by atoms with Crippen molar-refractivity contribution in [3.8, 4) is 11.1 Å². The van der Waals surface area contributed by atoms with Gasteiger partial charge in [0.25, 0.3) is 0 Å². The Labute approximate surface area is 236 Å². The third kappa shape index (κ3) is 5.79. The van der Waals surface area contributed by atoms with Gasteiger partial charge in [0.2, 0.25) is 0 Å². The summed E-state index contributed by atoms with van der Waals surface area (Å²) in [4.78, 5) is 14.5. The Morgan fingerprint density at radius 3 is 2.10 bits per heavy atom. The lowest BCUT2D eigenvalue weighted by molar-refractivity contribution is 1.23. The number of fused-ring (bicyclic) bond motifs is 1. The van der Waals surface area contributed by atoms with Gasteiger partial charge in [0.15, 0.2) is 11.7 Å². The summed E-state index contributed by atoms with van der Waals surface area (Å²) in [6.45, 7) is 10.3. The van der Waals surface area contributed by atoms with Crippen molar-refractivity contribution in [3.63, 3.8) is 0 Å². The summed E-state index contributed by atoms with van der Waals surface area (Å²) < 4.78 is 0. The number of amidine groups is 2. The molecule has 0 bridgehead atoms. The highest BCUT2D eigenvalue weighted by atomic mass is 15.0. The second-order valence-corrected chi connectivity index (χ2v) is 9.32. The molecule has 0 amide bonds. The SMILES string of the molecule is C=Cc1ccccc1/C(=C\C)CN=C(N=C(N=C)c1ccccc1)c1cc(-c2ccccc2)cc2ccccc12. The van der Waals surface area contributed by atoms with Crippen LogP contribution in [-0.2, 0) is 0 Å². The third-order valence-corrected chi connectivity index (χ3v) is 6.88. The molecular formula is C37H31N3. The second kappa shape index (κ2) is 12.6. The molecular weight excluding hydrogens is 486 g/mol. The number of benzene rings is 5. The Bertz CT molecular complexity index is 1740. The summed E-state index contributed by atoms with van der Waals surface area (Å²) >= 11 is 0. The van der Waals surface area contributed by atoms with Crippen molar-refractivity contribution in [1.29, 1.82) is 0 Å². The van der Waals surface area contributed by atoms with Crippen LogP contribution < -0.4 is 0 Å².